The second kappa shape index (κ2) is 67.9. The Hall–Kier alpha value is 1.06. The summed E-state index contributed by atoms with van der Waals surface area (Å²) in [5, 5.41) is 52.5. The maximum Gasteiger partial charge on any atom is 4.00 e. The molecule has 0 N–H and O–H groups in total. The smallest absolute Gasteiger partial charge is 0.734 e. The van der Waals surface area contributed by atoms with Gasteiger partial charge in [0.15, 0.2) is 0 Å². The third-order valence-corrected chi connectivity index (χ3v) is 0. The first-order valence-electron chi connectivity index (χ1n) is 1.00. The van der Waals surface area contributed by atoms with Gasteiger partial charge in [0.2, 0.25) is 0 Å². The van der Waals surface area contributed by atoms with Crippen molar-refractivity contribution in [1.29, 1.82) is 0 Å². The standard InChI is InChI=1S/3H2O3.Sn.Zn/c3*1-3-2;;/h3*1-2H;;/q;;;+4;+2/p-6. The van der Waals surface area contributed by atoms with Crippen molar-refractivity contribution < 1.29 is 66.1 Å². The van der Waals surface area contributed by atoms with Crippen molar-refractivity contribution in [3.05, 3.63) is 0 Å². The van der Waals surface area contributed by atoms with Crippen molar-refractivity contribution in [1.82, 2.24) is 0 Å². The van der Waals surface area contributed by atoms with Crippen LogP contribution in [-0.2, 0) is 34.6 Å². The molecule has 0 aromatic heterocycles. The van der Waals surface area contributed by atoms with Crippen molar-refractivity contribution in [3.63, 3.8) is 0 Å². The van der Waals surface area contributed by atoms with Gasteiger partial charge >= 0.3 is 43.4 Å². The summed E-state index contributed by atoms with van der Waals surface area (Å²) < 4.78 is 0. The number of hydrogen-bond donors (Lipinski definition) is 0. The molecule has 0 saturated carbocycles. The Labute approximate surface area is 90.0 Å². The van der Waals surface area contributed by atoms with Gasteiger partial charge in [-0.05, 0) is 0 Å². The van der Waals surface area contributed by atoms with E-state index in [9.17, 15) is 0 Å². The second-order valence-corrected chi connectivity index (χ2v) is 0.204. The first kappa shape index (κ1) is 29.6. The fraction of sp³-hybridized carbons (Fsp3) is 0. The SMILES string of the molecule is [O-]O[O-].[O-]O[O-].[O-]O[O-].[Sn+4].[Zn+2]. The summed E-state index contributed by atoms with van der Waals surface area (Å²) >= 11 is 0. The summed E-state index contributed by atoms with van der Waals surface area (Å²) in [4.78, 5) is 0. The zero-order valence-electron chi connectivity index (χ0n) is 4.88. The molecule has 0 aromatic rings. The number of rotatable bonds is 0. The molecular formula is O9SnZn. The third kappa shape index (κ3) is 805. The van der Waals surface area contributed by atoms with Gasteiger partial charge in [-0.2, -0.15) is 0 Å². The van der Waals surface area contributed by atoms with Gasteiger partial charge in [-0.15, -0.1) is 0 Å². The molecule has 0 heterocycles. The van der Waals surface area contributed by atoms with Crippen LogP contribution in [0.2, 0.25) is 0 Å². The van der Waals surface area contributed by atoms with E-state index in [1.807, 2.05) is 0 Å². The minimum absolute atomic E-state index is 0. The molecule has 0 rings (SSSR count). The fourth-order valence-electron chi connectivity index (χ4n) is 0. The van der Waals surface area contributed by atoms with Gasteiger partial charge in [0, 0.05) is 0 Å². The van der Waals surface area contributed by atoms with Gasteiger partial charge in [-0.1, -0.05) is 0 Å². The summed E-state index contributed by atoms with van der Waals surface area (Å²) in [6.07, 6.45) is 0. The second-order valence-electron chi connectivity index (χ2n) is 0.204. The van der Waals surface area contributed by atoms with E-state index >= 15 is 0 Å². The van der Waals surface area contributed by atoms with E-state index in [1.54, 1.807) is 15.1 Å². The summed E-state index contributed by atoms with van der Waals surface area (Å²) in [6, 6.07) is 0. The summed E-state index contributed by atoms with van der Waals surface area (Å²) in [5.74, 6) is 0. The van der Waals surface area contributed by atoms with Crippen LogP contribution in [0.15, 0.2) is 0 Å². The topological polar surface area (TPSA) is 166 Å². The number of hydrogen-bond acceptors (Lipinski definition) is 9. The molecule has 9 nitrogen and oxygen atoms in total. The van der Waals surface area contributed by atoms with Crippen LogP contribution in [0.25, 0.3) is 0 Å². The van der Waals surface area contributed by atoms with Crippen LogP contribution in [0, 0.1) is 0 Å². The molecule has 0 aromatic carbocycles. The van der Waals surface area contributed by atoms with E-state index < -0.39 is 0 Å². The molecule has 0 atom stereocenters. The minimum atomic E-state index is 0. The Kier molecular flexibility index (Phi) is 183. The molecular weight excluding hydrogens is 328 g/mol. The Morgan fingerprint density at radius 3 is 0.545 bits per heavy atom. The monoisotopic (exact) mass is 328 g/mol. The molecule has 0 bridgehead atoms. The van der Waals surface area contributed by atoms with Gasteiger partial charge in [-0.3, -0.25) is 0 Å². The Morgan fingerprint density at radius 1 is 0.545 bits per heavy atom. The van der Waals surface area contributed by atoms with Crippen molar-refractivity contribution in [2.75, 3.05) is 0 Å². The summed E-state index contributed by atoms with van der Waals surface area (Å²) in [6.45, 7) is 0. The van der Waals surface area contributed by atoms with Crippen LogP contribution in [0.4, 0.5) is 0 Å². The summed E-state index contributed by atoms with van der Waals surface area (Å²) in [7, 11) is 0. The molecule has 0 spiro atoms. The van der Waals surface area contributed by atoms with Crippen molar-refractivity contribution in [2.45, 2.75) is 0 Å². The van der Waals surface area contributed by atoms with E-state index in [4.69, 9.17) is 31.5 Å². The quantitative estimate of drug-likeness (QED) is 0.238. The van der Waals surface area contributed by atoms with E-state index in [2.05, 4.69) is 0 Å². The van der Waals surface area contributed by atoms with E-state index in [-0.39, 0.29) is 43.4 Å². The summed E-state index contributed by atoms with van der Waals surface area (Å²) in [5.41, 5.74) is 0. The Balaban J connectivity index is -0.0000000150. The van der Waals surface area contributed by atoms with E-state index in [0.717, 1.165) is 0 Å². The molecule has 0 radical (unpaired) electrons. The molecule has 0 aliphatic heterocycles. The molecule has 0 fully saturated rings. The van der Waals surface area contributed by atoms with Crippen molar-refractivity contribution >= 4 is 23.9 Å². The zero-order chi connectivity index (χ0) is 8.12. The van der Waals surface area contributed by atoms with Crippen LogP contribution in [0.5, 0.6) is 0 Å². The van der Waals surface area contributed by atoms with Crippen molar-refractivity contribution in [3.8, 4) is 0 Å². The maximum absolute atomic E-state index is 7.88. The largest absolute Gasteiger partial charge is 4.00 e. The van der Waals surface area contributed by atoms with Gasteiger partial charge in [-0.25, -0.2) is 0 Å². The van der Waals surface area contributed by atoms with Crippen LogP contribution in [-0.4, -0.2) is 23.9 Å². The molecule has 0 aliphatic rings. The van der Waals surface area contributed by atoms with Crippen LogP contribution < -0.4 is 31.5 Å². The first-order valence-corrected chi connectivity index (χ1v) is 1.00. The minimum Gasteiger partial charge on any atom is -0.734 e. The molecule has 11 heavy (non-hydrogen) atoms. The average molecular weight is 328 g/mol. The van der Waals surface area contributed by atoms with Gasteiger partial charge in [0.1, 0.15) is 0 Å². The van der Waals surface area contributed by atoms with E-state index in [1.165, 1.54) is 0 Å². The van der Waals surface area contributed by atoms with Crippen LogP contribution in [0.3, 0.4) is 0 Å². The Morgan fingerprint density at radius 2 is 0.545 bits per heavy atom. The predicted molar refractivity (Wildman–Crippen MR) is 9.01 cm³/mol. The molecule has 0 amide bonds. The molecule has 11 heteroatoms. The maximum atomic E-state index is 7.88. The predicted octanol–water partition coefficient (Wildman–Crippen LogP) is -7.72. The molecule has 60 valence electrons. The van der Waals surface area contributed by atoms with Crippen LogP contribution >= 0.6 is 0 Å². The normalized spacial score (nSPS) is 4.91. The zero-order valence-corrected chi connectivity index (χ0v) is 10.7. The van der Waals surface area contributed by atoms with Crippen molar-refractivity contribution in [2.24, 2.45) is 0 Å². The average Bonchev–Trinajstić information content (AvgIpc) is 1.70. The van der Waals surface area contributed by atoms with Crippen LogP contribution in [0.1, 0.15) is 0 Å². The van der Waals surface area contributed by atoms with E-state index in [0.29, 0.717) is 0 Å². The molecule has 0 saturated heterocycles. The fourth-order valence-corrected chi connectivity index (χ4v) is 0. The third-order valence-electron chi connectivity index (χ3n) is 0. The molecule has 0 aliphatic carbocycles. The molecule has 0 unspecified atom stereocenters. The van der Waals surface area contributed by atoms with Gasteiger partial charge < -0.3 is 46.7 Å². The first-order chi connectivity index (χ1) is 4.24. The Bertz CT molecular complexity index is 14.3. The van der Waals surface area contributed by atoms with Gasteiger partial charge in [0.05, 0.1) is 0 Å². The van der Waals surface area contributed by atoms with Gasteiger partial charge in [0.25, 0.3) is 0 Å².